The SMILES string of the molecule is CC(C)C1CC(N)CN(c2cccc(F)c2)C1. The van der Waals surface area contributed by atoms with Crippen molar-refractivity contribution in [3.05, 3.63) is 30.1 Å². The Morgan fingerprint density at radius 2 is 2.12 bits per heavy atom. The molecule has 0 aromatic heterocycles. The van der Waals surface area contributed by atoms with Crippen molar-refractivity contribution in [2.45, 2.75) is 26.3 Å². The molecule has 0 radical (unpaired) electrons. The first kappa shape index (κ1) is 12.4. The van der Waals surface area contributed by atoms with Gasteiger partial charge in [-0.25, -0.2) is 4.39 Å². The summed E-state index contributed by atoms with van der Waals surface area (Å²) in [4.78, 5) is 2.21. The van der Waals surface area contributed by atoms with Crippen LogP contribution in [0.15, 0.2) is 24.3 Å². The molecule has 2 unspecified atom stereocenters. The van der Waals surface area contributed by atoms with Crippen LogP contribution in [0.1, 0.15) is 20.3 Å². The molecule has 2 N–H and O–H groups in total. The summed E-state index contributed by atoms with van der Waals surface area (Å²) in [7, 11) is 0. The van der Waals surface area contributed by atoms with Gasteiger partial charge in [0.2, 0.25) is 0 Å². The van der Waals surface area contributed by atoms with Crippen LogP contribution in [0.4, 0.5) is 10.1 Å². The number of halogens is 1. The van der Waals surface area contributed by atoms with Gasteiger partial charge in [-0.05, 0) is 36.5 Å². The molecule has 3 heteroatoms. The Labute approximate surface area is 103 Å². The van der Waals surface area contributed by atoms with Gasteiger partial charge in [0.05, 0.1) is 0 Å². The van der Waals surface area contributed by atoms with Crippen LogP contribution >= 0.6 is 0 Å². The van der Waals surface area contributed by atoms with Gasteiger partial charge in [0.1, 0.15) is 5.82 Å². The minimum absolute atomic E-state index is 0.178. The van der Waals surface area contributed by atoms with E-state index < -0.39 is 0 Å². The first-order chi connectivity index (χ1) is 8.06. The third-order valence-electron chi connectivity index (χ3n) is 3.63. The number of nitrogens with two attached hydrogens (primary N) is 1. The lowest BCUT2D eigenvalue weighted by atomic mass is 9.85. The lowest BCUT2D eigenvalue weighted by molar-refractivity contribution is 0.298. The van der Waals surface area contributed by atoms with E-state index in [0.717, 1.165) is 25.2 Å². The van der Waals surface area contributed by atoms with Crippen molar-refractivity contribution in [2.75, 3.05) is 18.0 Å². The third kappa shape index (κ3) is 2.97. The molecule has 0 spiro atoms. The van der Waals surface area contributed by atoms with E-state index in [0.29, 0.717) is 11.8 Å². The van der Waals surface area contributed by atoms with E-state index in [1.807, 2.05) is 6.07 Å². The first-order valence-corrected chi connectivity index (χ1v) is 6.32. The minimum atomic E-state index is -0.178. The number of rotatable bonds is 2. The average molecular weight is 236 g/mol. The normalized spacial score (nSPS) is 25.4. The van der Waals surface area contributed by atoms with E-state index in [4.69, 9.17) is 5.73 Å². The second-order valence-electron chi connectivity index (χ2n) is 5.38. The Hall–Kier alpha value is -1.09. The molecule has 1 fully saturated rings. The van der Waals surface area contributed by atoms with Crippen molar-refractivity contribution in [2.24, 2.45) is 17.6 Å². The van der Waals surface area contributed by atoms with Crippen LogP contribution < -0.4 is 10.6 Å². The summed E-state index contributed by atoms with van der Waals surface area (Å²) >= 11 is 0. The quantitative estimate of drug-likeness (QED) is 0.855. The van der Waals surface area contributed by atoms with Gasteiger partial charge in [-0.1, -0.05) is 19.9 Å². The summed E-state index contributed by atoms with van der Waals surface area (Å²) in [5.41, 5.74) is 7.04. The standard InChI is InChI=1S/C14H21FN2/c1-10(2)11-6-13(16)9-17(8-11)14-5-3-4-12(15)7-14/h3-5,7,10-11,13H,6,8-9,16H2,1-2H3. The number of benzene rings is 1. The minimum Gasteiger partial charge on any atom is -0.370 e. The molecular weight excluding hydrogens is 215 g/mol. The molecule has 1 heterocycles. The highest BCUT2D eigenvalue weighted by Gasteiger charge is 2.27. The van der Waals surface area contributed by atoms with Gasteiger partial charge in [-0.3, -0.25) is 0 Å². The van der Waals surface area contributed by atoms with E-state index in [9.17, 15) is 4.39 Å². The van der Waals surface area contributed by atoms with Gasteiger partial charge < -0.3 is 10.6 Å². The van der Waals surface area contributed by atoms with Gasteiger partial charge in [0.25, 0.3) is 0 Å². The van der Waals surface area contributed by atoms with Crippen LogP contribution in [0.2, 0.25) is 0 Å². The van der Waals surface area contributed by atoms with Crippen molar-refractivity contribution in [3.63, 3.8) is 0 Å². The van der Waals surface area contributed by atoms with E-state index >= 15 is 0 Å². The smallest absolute Gasteiger partial charge is 0.125 e. The Balaban J connectivity index is 2.15. The highest BCUT2D eigenvalue weighted by Crippen LogP contribution is 2.27. The fourth-order valence-corrected chi connectivity index (χ4v) is 2.55. The molecule has 1 aliphatic rings. The lowest BCUT2D eigenvalue weighted by Gasteiger charge is -2.39. The van der Waals surface area contributed by atoms with Gasteiger partial charge in [-0.15, -0.1) is 0 Å². The van der Waals surface area contributed by atoms with E-state index in [2.05, 4.69) is 18.7 Å². The molecule has 1 saturated heterocycles. The van der Waals surface area contributed by atoms with Crippen molar-refractivity contribution >= 4 is 5.69 Å². The number of piperidine rings is 1. The summed E-state index contributed by atoms with van der Waals surface area (Å²) in [6.07, 6.45) is 1.07. The van der Waals surface area contributed by atoms with Crippen LogP contribution in [-0.4, -0.2) is 19.1 Å². The molecule has 2 atom stereocenters. The van der Waals surface area contributed by atoms with E-state index in [-0.39, 0.29) is 11.9 Å². The maximum Gasteiger partial charge on any atom is 0.125 e. The van der Waals surface area contributed by atoms with Gasteiger partial charge in [0, 0.05) is 24.8 Å². The van der Waals surface area contributed by atoms with Crippen LogP contribution in [-0.2, 0) is 0 Å². The molecule has 2 rings (SSSR count). The Morgan fingerprint density at radius 3 is 2.76 bits per heavy atom. The van der Waals surface area contributed by atoms with E-state index in [1.54, 1.807) is 12.1 Å². The molecule has 1 aromatic rings. The average Bonchev–Trinajstić information content (AvgIpc) is 2.28. The second-order valence-corrected chi connectivity index (χ2v) is 5.38. The summed E-state index contributed by atoms with van der Waals surface area (Å²) in [5, 5.41) is 0. The van der Waals surface area contributed by atoms with E-state index in [1.165, 1.54) is 6.07 Å². The topological polar surface area (TPSA) is 29.3 Å². The van der Waals surface area contributed by atoms with Gasteiger partial charge in [0.15, 0.2) is 0 Å². The molecule has 0 saturated carbocycles. The molecule has 2 nitrogen and oxygen atoms in total. The zero-order valence-electron chi connectivity index (χ0n) is 10.6. The Morgan fingerprint density at radius 1 is 1.35 bits per heavy atom. The number of nitrogens with zero attached hydrogens (tertiary/aromatic N) is 1. The molecule has 0 amide bonds. The Bertz CT molecular complexity index is 378. The molecule has 0 aliphatic carbocycles. The number of anilines is 1. The number of hydrogen-bond acceptors (Lipinski definition) is 2. The summed E-state index contributed by atoms with van der Waals surface area (Å²) < 4.78 is 13.2. The monoisotopic (exact) mass is 236 g/mol. The Kier molecular flexibility index (Phi) is 3.67. The largest absolute Gasteiger partial charge is 0.370 e. The van der Waals surface area contributed by atoms with Crippen molar-refractivity contribution in [3.8, 4) is 0 Å². The molecule has 1 aliphatic heterocycles. The molecule has 17 heavy (non-hydrogen) atoms. The first-order valence-electron chi connectivity index (χ1n) is 6.32. The molecule has 94 valence electrons. The van der Waals surface area contributed by atoms with Crippen LogP contribution in [0.5, 0.6) is 0 Å². The highest BCUT2D eigenvalue weighted by molar-refractivity contribution is 5.47. The zero-order valence-corrected chi connectivity index (χ0v) is 10.6. The molecule has 0 bridgehead atoms. The van der Waals surface area contributed by atoms with Crippen LogP contribution in [0.25, 0.3) is 0 Å². The predicted molar refractivity (Wildman–Crippen MR) is 69.5 cm³/mol. The van der Waals surface area contributed by atoms with Crippen molar-refractivity contribution in [1.29, 1.82) is 0 Å². The van der Waals surface area contributed by atoms with Crippen LogP contribution in [0, 0.1) is 17.7 Å². The van der Waals surface area contributed by atoms with Crippen LogP contribution in [0.3, 0.4) is 0 Å². The maximum absolute atomic E-state index is 13.2. The summed E-state index contributed by atoms with van der Waals surface area (Å²) in [6, 6.07) is 6.98. The maximum atomic E-state index is 13.2. The molecule has 1 aromatic carbocycles. The lowest BCUT2D eigenvalue weighted by Crippen LogP contribution is -2.48. The van der Waals surface area contributed by atoms with Crippen molar-refractivity contribution < 1.29 is 4.39 Å². The summed E-state index contributed by atoms with van der Waals surface area (Å²) in [5.74, 6) is 1.04. The third-order valence-corrected chi connectivity index (χ3v) is 3.63. The fourth-order valence-electron chi connectivity index (χ4n) is 2.55. The van der Waals surface area contributed by atoms with Gasteiger partial charge >= 0.3 is 0 Å². The van der Waals surface area contributed by atoms with Gasteiger partial charge in [-0.2, -0.15) is 0 Å². The molecular formula is C14H21FN2. The highest BCUT2D eigenvalue weighted by atomic mass is 19.1. The zero-order chi connectivity index (χ0) is 12.4. The fraction of sp³-hybridized carbons (Fsp3) is 0.571. The number of hydrogen-bond donors (Lipinski definition) is 1. The second kappa shape index (κ2) is 5.05. The predicted octanol–water partition coefficient (Wildman–Crippen LogP) is 2.64. The summed E-state index contributed by atoms with van der Waals surface area (Å²) in [6.45, 7) is 6.26. The van der Waals surface area contributed by atoms with Crippen molar-refractivity contribution in [1.82, 2.24) is 0 Å².